The third-order valence-corrected chi connectivity index (χ3v) is 6.37. The minimum atomic E-state index is -0.414. The lowest BCUT2D eigenvalue weighted by Gasteiger charge is -2.38. The van der Waals surface area contributed by atoms with Gasteiger partial charge in [-0.2, -0.15) is 0 Å². The highest BCUT2D eigenvalue weighted by atomic mass is 16.6. The molecule has 1 aliphatic carbocycles. The molecule has 0 aromatic heterocycles. The maximum Gasteiger partial charge on any atom is 0.334 e. The zero-order valence-corrected chi connectivity index (χ0v) is 16.3. The summed E-state index contributed by atoms with van der Waals surface area (Å²) in [5, 5.41) is 10.8. The van der Waals surface area contributed by atoms with Gasteiger partial charge in [0.15, 0.2) is 0 Å². The lowest BCUT2D eigenvalue weighted by Crippen LogP contribution is -2.49. The zero-order valence-electron chi connectivity index (χ0n) is 16.3. The van der Waals surface area contributed by atoms with E-state index in [-0.39, 0.29) is 23.7 Å². The van der Waals surface area contributed by atoms with E-state index in [4.69, 9.17) is 4.74 Å². The van der Waals surface area contributed by atoms with Crippen LogP contribution in [0, 0.1) is 16.0 Å². The van der Waals surface area contributed by atoms with Gasteiger partial charge in [-0.25, -0.2) is 4.79 Å². The summed E-state index contributed by atoms with van der Waals surface area (Å²) in [6.45, 7) is 4.33. The summed E-state index contributed by atoms with van der Waals surface area (Å²) < 4.78 is 5.70. The first-order valence-electron chi connectivity index (χ1n) is 10.1. The van der Waals surface area contributed by atoms with Crippen molar-refractivity contribution in [1.29, 1.82) is 0 Å². The van der Waals surface area contributed by atoms with Crippen molar-refractivity contribution in [2.24, 2.45) is 5.92 Å². The van der Waals surface area contributed by atoms with Crippen LogP contribution in [0.1, 0.15) is 31.2 Å². The standard InChI is InChI=1S/C21H27N3O4/c1-22-9-11-23(12-10-22)17-3-2-4-20-18(14-17)19(21(25)28-20)13-15-5-7-16(8-6-15)24(26)27/h5-8,13,17-18,20H,2-4,9-12,14H2,1H3. The molecule has 0 spiro atoms. The minimum Gasteiger partial charge on any atom is -0.458 e. The fraction of sp³-hybridized carbons (Fsp3) is 0.571. The number of nitrogens with zero attached hydrogens (tertiary/aromatic N) is 3. The molecular formula is C21H27N3O4. The Balaban J connectivity index is 1.54. The summed E-state index contributed by atoms with van der Waals surface area (Å²) in [5.41, 5.74) is 1.58. The van der Waals surface area contributed by atoms with Crippen LogP contribution in [0.5, 0.6) is 0 Å². The van der Waals surface area contributed by atoms with Crippen molar-refractivity contribution in [2.45, 2.75) is 37.8 Å². The molecule has 3 fully saturated rings. The Morgan fingerprint density at radius 1 is 1.14 bits per heavy atom. The molecular weight excluding hydrogens is 358 g/mol. The molecule has 0 N–H and O–H groups in total. The minimum absolute atomic E-state index is 0.0331. The highest BCUT2D eigenvalue weighted by Gasteiger charge is 2.43. The SMILES string of the molecule is CN1CCN(C2CCCC3OC(=O)C(=Cc4ccc([N+](=O)[O-])cc4)C3C2)CC1. The van der Waals surface area contributed by atoms with Crippen LogP contribution in [0.3, 0.4) is 0 Å². The summed E-state index contributed by atoms with van der Waals surface area (Å²) in [7, 11) is 2.16. The first-order valence-corrected chi connectivity index (χ1v) is 10.1. The number of esters is 1. The summed E-state index contributed by atoms with van der Waals surface area (Å²) in [6, 6.07) is 6.83. The van der Waals surface area contributed by atoms with E-state index < -0.39 is 4.92 Å². The second-order valence-corrected chi connectivity index (χ2v) is 8.16. The van der Waals surface area contributed by atoms with E-state index in [1.807, 2.05) is 6.08 Å². The fourth-order valence-electron chi connectivity index (χ4n) is 4.70. The molecule has 0 amide bonds. The van der Waals surface area contributed by atoms with E-state index in [0.717, 1.165) is 63.0 Å². The Bertz CT molecular complexity index is 768. The van der Waals surface area contributed by atoms with Crippen LogP contribution in [0.2, 0.25) is 0 Å². The molecule has 1 aromatic rings. The van der Waals surface area contributed by atoms with Gasteiger partial charge in [0, 0.05) is 55.8 Å². The van der Waals surface area contributed by atoms with Crippen molar-refractivity contribution in [1.82, 2.24) is 9.80 Å². The van der Waals surface area contributed by atoms with Crippen LogP contribution in [-0.2, 0) is 9.53 Å². The summed E-state index contributed by atoms with van der Waals surface area (Å²) in [5.74, 6) is -0.123. The molecule has 7 nitrogen and oxygen atoms in total. The van der Waals surface area contributed by atoms with Crippen LogP contribution in [0.15, 0.2) is 29.8 Å². The Kier molecular flexibility index (Phi) is 5.46. The predicted molar refractivity (Wildman–Crippen MR) is 106 cm³/mol. The van der Waals surface area contributed by atoms with E-state index >= 15 is 0 Å². The Morgan fingerprint density at radius 3 is 2.54 bits per heavy atom. The van der Waals surface area contributed by atoms with Gasteiger partial charge < -0.3 is 9.64 Å². The smallest absolute Gasteiger partial charge is 0.334 e. The maximum absolute atomic E-state index is 12.5. The van der Waals surface area contributed by atoms with Crippen LogP contribution in [0.4, 0.5) is 5.69 Å². The van der Waals surface area contributed by atoms with Gasteiger partial charge in [0.2, 0.25) is 0 Å². The normalized spacial score (nSPS) is 30.7. The number of non-ortho nitro benzene ring substituents is 1. The van der Waals surface area contributed by atoms with Gasteiger partial charge in [-0.3, -0.25) is 15.0 Å². The maximum atomic E-state index is 12.5. The first kappa shape index (κ1) is 19.1. The number of nitro benzene ring substituents is 1. The predicted octanol–water partition coefficient (Wildman–Crippen LogP) is 2.71. The molecule has 0 bridgehead atoms. The molecule has 3 unspecified atom stereocenters. The molecule has 1 aromatic carbocycles. The van der Waals surface area contributed by atoms with Gasteiger partial charge in [0.1, 0.15) is 6.10 Å². The molecule has 0 radical (unpaired) electrons. The molecule has 28 heavy (non-hydrogen) atoms. The topological polar surface area (TPSA) is 75.9 Å². The van der Waals surface area contributed by atoms with Gasteiger partial charge in [0.25, 0.3) is 5.69 Å². The fourth-order valence-corrected chi connectivity index (χ4v) is 4.70. The van der Waals surface area contributed by atoms with Gasteiger partial charge in [-0.1, -0.05) is 0 Å². The lowest BCUT2D eigenvalue weighted by molar-refractivity contribution is -0.384. The van der Waals surface area contributed by atoms with Crippen LogP contribution < -0.4 is 0 Å². The summed E-state index contributed by atoms with van der Waals surface area (Å²) in [4.78, 5) is 27.9. The molecule has 2 heterocycles. The van der Waals surface area contributed by atoms with Crippen molar-refractivity contribution < 1.29 is 14.5 Å². The molecule has 4 rings (SSSR count). The largest absolute Gasteiger partial charge is 0.458 e. The molecule has 2 aliphatic heterocycles. The molecule has 1 saturated carbocycles. The number of piperazine rings is 1. The van der Waals surface area contributed by atoms with Crippen LogP contribution in [-0.4, -0.2) is 66.1 Å². The number of hydrogen-bond acceptors (Lipinski definition) is 6. The van der Waals surface area contributed by atoms with Gasteiger partial charge in [-0.15, -0.1) is 0 Å². The van der Waals surface area contributed by atoms with Gasteiger partial charge >= 0.3 is 5.97 Å². The highest BCUT2D eigenvalue weighted by Crippen LogP contribution is 2.40. The van der Waals surface area contributed by atoms with Crippen LogP contribution in [0.25, 0.3) is 6.08 Å². The van der Waals surface area contributed by atoms with Crippen molar-refractivity contribution in [3.05, 3.63) is 45.5 Å². The quantitative estimate of drug-likeness (QED) is 0.345. The average molecular weight is 385 g/mol. The van der Waals surface area contributed by atoms with Crippen molar-refractivity contribution in [2.75, 3.05) is 33.2 Å². The third kappa shape index (κ3) is 3.95. The number of benzene rings is 1. The average Bonchev–Trinajstić information content (AvgIpc) is 2.85. The first-order chi connectivity index (χ1) is 13.5. The third-order valence-electron chi connectivity index (χ3n) is 6.37. The lowest BCUT2D eigenvalue weighted by atomic mass is 9.88. The van der Waals surface area contributed by atoms with Crippen molar-refractivity contribution in [3.8, 4) is 0 Å². The Morgan fingerprint density at radius 2 is 1.86 bits per heavy atom. The number of ether oxygens (including phenoxy) is 1. The number of rotatable bonds is 3. The molecule has 3 atom stereocenters. The van der Waals surface area contributed by atoms with E-state index in [1.54, 1.807) is 12.1 Å². The van der Waals surface area contributed by atoms with Crippen LogP contribution >= 0.6 is 0 Å². The summed E-state index contributed by atoms with van der Waals surface area (Å²) >= 11 is 0. The van der Waals surface area contributed by atoms with E-state index in [0.29, 0.717) is 6.04 Å². The Hall–Kier alpha value is -2.25. The van der Waals surface area contributed by atoms with Crippen molar-refractivity contribution in [3.63, 3.8) is 0 Å². The van der Waals surface area contributed by atoms with E-state index in [9.17, 15) is 14.9 Å². The van der Waals surface area contributed by atoms with Gasteiger partial charge in [-0.05, 0) is 56.5 Å². The number of carbonyl (C=O) groups excluding carboxylic acids is 1. The second-order valence-electron chi connectivity index (χ2n) is 8.16. The monoisotopic (exact) mass is 385 g/mol. The molecule has 7 heteroatoms. The molecule has 2 saturated heterocycles. The van der Waals surface area contributed by atoms with Gasteiger partial charge in [0.05, 0.1) is 4.92 Å². The van der Waals surface area contributed by atoms with E-state index in [2.05, 4.69) is 16.8 Å². The number of fused-ring (bicyclic) bond motifs is 1. The summed E-state index contributed by atoms with van der Waals surface area (Å²) in [6.07, 6.45) is 5.92. The highest BCUT2D eigenvalue weighted by molar-refractivity contribution is 5.96. The Labute approximate surface area is 165 Å². The van der Waals surface area contributed by atoms with E-state index in [1.165, 1.54) is 12.1 Å². The molecule has 3 aliphatic rings. The number of nitro groups is 1. The van der Waals surface area contributed by atoms with Crippen molar-refractivity contribution >= 4 is 17.7 Å². The second kappa shape index (κ2) is 8.01. The number of likely N-dealkylation sites (N-methyl/N-ethyl adjacent to an activating group) is 1. The molecule has 150 valence electrons. The number of hydrogen-bond donors (Lipinski definition) is 0. The zero-order chi connectivity index (χ0) is 19.7. The number of carbonyl (C=O) groups is 1.